The van der Waals surface area contributed by atoms with E-state index in [4.69, 9.17) is 0 Å². The average Bonchev–Trinajstić information content (AvgIpc) is 2.46. The molecule has 0 radical (unpaired) electrons. The highest BCUT2D eigenvalue weighted by atomic mass is 14.1. The normalized spacial score (nSPS) is 10.7. The van der Waals surface area contributed by atoms with Gasteiger partial charge in [-0.25, -0.2) is 0 Å². The zero-order valence-electron chi connectivity index (χ0n) is 10.6. The molecule has 0 saturated carbocycles. The van der Waals surface area contributed by atoms with Gasteiger partial charge < -0.3 is 6.15 Å². The van der Waals surface area contributed by atoms with E-state index in [1.165, 1.54) is 32.3 Å². The van der Waals surface area contributed by atoms with Gasteiger partial charge in [-0.05, 0) is 32.3 Å². The summed E-state index contributed by atoms with van der Waals surface area (Å²) < 4.78 is 0. The molecule has 0 saturated heterocycles. The number of benzene rings is 4. The van der Waals surface area contributed by atoms with Gasteiger partial charge in [0.25, 0.3) is 0 Å². The molecule has 19 heavy (non-hydrogen) atoms. The highest BCUT2D eigenvalue weighted by Crippen LogP contribution is 2.30. The van der Waals surface area contributed by atoms with Crippen molar-refractivity contribution in [3.05, 3.63) is 72.8 Å². The van der Waals surface area contributed by atoms with Crippen molar-refractivity contribution in [2.24, 2.45) is 0 Å². The number of hydrogen-bond donors (Lipinski definition) is 1. The lowest BCUT2D eigenvalue weighted by Crippen LogP contribution is -1.79. The van der Waals surface area contributed by atoms with E-state index in [1.807, 2.05) is 0 Å². The number of fused-ring (bicyclic) bond motifs is 5. The van der Waals surface area contributed by atoms with Crippen LogP contribution in [-0.2, 0) is 0 Å². The van der Waals surface area contributed by atoms with E-state index in [0.717, 1.165) is 0 Å². The van der Waals surface area contributed by atoms with Crippen molar-refractivity contribution in [1.82, 2.24) is 6.15 Å². The Morgan fingerprint density at radius 2 is 0.789 bits per heavy atom. The maximum Gasteiger partial charge on any atom is -0.00990 e. The van der Waals surface area contributed by atoms with Gasteiger partial charge in [-0.2, -0.15) is 0 Å². The van der Waals surface area contributed by atoms with Gasteiger partial charge in [-0.3, -0.25) is 0 Å². The zero-order chi connectivity index (χ0) is 11.9. The SMILES string of the molecule is N.c1ccc2c(c1)ccc1c3ccccc3ccc21. The zero-order valence-corrected chi connectivity index (χ0v) is 10.6. The van der Waals surface area contributed by atoms with E-state index in [2.05, 4.69) is 72.8 Å². The summed E-state index contributed by atoms with van der Waals surface area (Å²) in [5.41, 5.74) is 0. The van der Waals surface area contributed by atoms with E-state index in [-0.39, 0.29) is 6.15 Å². The Morgan fingerprint density at radius 1 is 0.368 bits per heavy atom. The highest BCUT2D eigenvalue weighted by molar-refractivity contribution is 6.17. The van der Waals surface area contributed by atoms with Gasteiger partial charge in [0.2, 0.25) is 0 Å². The molecule has 1 nitrogen and oxygen atoms in total. The molecule has 0 unspecified atom stereocenters. The van der Waals surface area contributed by atoms with Gasteiger partial charge in [0, 0.05) is 0 Å². The second-order valence-electron chi connectivity index (χ2n) is 4.67. The predicted molar refractivity (Wildman–Crippen MR) is 84.0 cm³/mol. The van der Waals surface area contributed by atoms with Crippen molar-refractivity contribution in [1.29, 1.82) is 0 Å². The summed E-state index contributed by atoms with van der Waals surface area (Å²) in [6, 6.07) is 26.0. The monoisotopic (exact) mass is 245 g/mol. The van der Waals surface area contributed by atoms with Crippen molar-refractivity contribution in [3.8, 4) is 0 Å². The first-order valence-corrected chi connectivity index (χ1v) is 6.23. The van der Waals surface area contributed by atoms with Gasteiger partial charge in [0.1, 0.15) is 0 Å². The number of rotatable bonds is 0. The molecule has 1 heteroatoms. The molecule has 0 heterocycles. The Morgan fingerprint density at radius 3 is 1.26 bits per heavy atom. The van der Waals surface area contributed by atoms with Crippen LogP contribution in [-0.4, -0.2) is 0 Å². The fourth-order valence-corrected chi connectivity index (χ4v) is 2.77. The van der Waals surface area contributed by atoms with Crippen LogP contribution in [0.25, 0.3) is 32.3 Å². The summed E-state index contributed by atoms with van der Waals surface area (Å²) in [6.07, 6.45) is 0. The predicted octanol–water partition coefficient (Wildman–Crippen LogP) is 5.31. The molecule has 0 aliphatic heterocycles. The molecule has 3 N–H and O–H groups in total. The molecule has 0 bridgehead atoms. The highest BCUT2D eigenvalue weighted by Gasteiger charge is 2.03. The van der Waals surface area contributed by atoms with Gasteiger partial charge in [0.05, 0.1) is 0 Å². The molecule has 4 aromatic carbocycles. The van der Waals surface area contributed by atoms with Crippen molar-refractivity contribution in [2.45, 2.75) is 0 Å². The second-order valence-corrected chi connectivity index (χ2v) is 4.67. The minimum Gasteiger partial charge on any atom is -0.344 e. The van der Waals surface area contributed by atoms with Crippen molar-refractivity contribution < 1.29 is 0 Å². The summed E-state index contributed by atoms with van der Waals surface area (Å²) in [6.45, 7) is 0. The summed E-state index contributed by atoms with van der Waals surface area (Å²) in [7, 11) is 0. The summed E-state index contributed by atoms with van der Waals surface area (Å²) in [4.78, 5) is 0. The Hall–Kier alpha value is -2.38. The van der Waals surface area contributed by atoms with Crippen LogP contribution < -0.4 is 6.15 Å². The van der Waals surface area contributed by atoms with Crippen LogP contribution in [0.4, 0.5) is 0 Å². The quantitative estimate of drug-likeness (QED) is 0.419. The van der Waals surface area contributed by atoms with Crippen molar-refractivity contribution >= 4 is 32.3 Å². The van der Waals surface area contributed by atoms with Crippen LogP contribution >= 0.6 is 0 Å². The molecule has 4 aromatic rings. The minimum atomic E-state index is 0. The van der Waals surface area contributed by atoms with E-state index in [1.54, 1.807) is 0 Å². The van der Waals surface area contributed by atoms with Crippen molar-refractivity contribution in [3.63, 3.8) is 0 Å². The van der Waals surface area contributed by atoms with Gasteiger partial charge in [0.15, 0.2) is 0 Å². The van der Waals surface area contributed by atoms with E-state index in [9.17, 15) is 0 Å². The fraction of sp³-hybridized carbons (Fsp3) is 0. The molecule has 0 aliphatic carbocycles. The topological polar surface area (TPSA) is 35.0 Å². The lowest BCUT2D eigenvalue weighted by Gasteiger charge is -2.07. The van der Waals surface area contributed by atoms with Crippen LogP contribution in [0, 0.1) is 0 Å². The Balaban J connectivity index is 0.00000110. The van der Waals surface area contributed by atoms with E-state index >= 15 is 0 Å². The molecule has 4 rings (SSSR count). The molecule has 0 spiro atoms. The fourth-order valence-electron chi connectivity index (χ4n) is 2.77. The Kier molecular flexibility index (Phi) is 2.69. The number of hydrogen-bond acceptors (Lipinski definition) is 1. The second kappa shape index (κ2) is 4.38. The maximum absolute atomic E-state index is 2.24. The lowest BCUT2D eigenvalue weighted by atomic mass is 9.97. The molecular formula is C18H15N. The molecule has 0 atom stereocenters. The van der Waals surface area contributed by atoms with E-state index < -0.39 is 0 Å². The van der Waals surface area contributed by atoms with Crippen LogP contribution in [0.15, 0.2) is 72.8 Å². The van der Waals surface area contributed by atoms with Crippen LogP contribution in [0.3, 0.4) is 0 Å². The minimum absolute atomic E-state index is 0. The average molecular weight is 245 g/mol. The third kappa shape index (κ3) is 1.67. The third-order valence-electron chi connectivity index (χ3n) is 3.65. The first-order valence-electron chi connectivity index (χ1n) is 6.23. The standard InChI is InChI=1S/C18H12.H3N/c1-3-7-15-13(5-1)9-11-18-16-8-4-2-6-14(16)10-12-17(15)18;/h1-12H;1H3. The summed E-state index contributed by atoms with van der Waals surface area (Å²) >= 11 is 0. The lowest BCUT2D eigenvalue weighted by molar-refractivity contribution is 1.77. The first kappa shape index (κ1) is 11.7. The Labute approximate surface area is 112 Å². The molecule has 92 valence electrons. The molecule has 0 aromatic heterocycles. The van der Waals surface area contributed by atoms with Crippen LogP contribution in [0.5, 0.6) is 0 Å². The van der Waals surface area contributed by atoms with Crippen molar-refractivity contribution in [2.75, 3.05) is 0 Å². The van der Waals surface area contributed by atoms with Gasteiger partial charge >= 0.3 is 0 Å². The van der Waals surface area contributed by atoms with E-state index in [0.29, 0.717) is 0 Å². The van der Waals surface area contributed by atoms with Gasteiger partial charge in [-0.1, -0.05) is 72.8 Å². The molecule has 0 fully saturated rings. The summed E-state index contributed by atoms with van der Waals surface area (Å²) in [5.74, 6) is 0. The van der Waals surface area contributed by atoms with Crippen LogP contribution in [0.1, 0.15) is 0 Å². The Bertz CT molecular complexity index is 803. The maximum atomic E-state index is 2.24. The van der Waals surface area contributed by atoms with Gasteiger partial charge in [-0.15, -0.1) is 0 Å². The first-order chi connectivity index (χ1) is 8.93. The molecule has 0 aliphatic rings. The smallest absolute Gasteiger partial charge is 0.00990 e. The molecule has 0 amide bonds. The largest absolute Gasteiger partial charge is 0.344 e. The summed E-state index contributed by atoms with van der Waals surface area (Å²) in [5, 5.41) is 7.96. The van der Waals surface area contributed by atoms with Crippen LogP contribution in [0.2, 0.25) is 0 Å². The third-order valence-corrected chi connectivity index (χ3v) is 3.65. The molecular weight excluding hydrogens is 230 g/mol.